The fraction of sp³-hybridized carbons (Fsp3) is 0.562. The maximum Gasteiger partial charge on any atom is 0.230 e. The van der Waals surface area contributed by atoms with Crippen molar-refractivity contribution in [3.8, 4) is 11.5 Å². The lowest BCUT2D eigenvalue weighted by atomic mass is 10.1. The summed E-state index contributed by atoms with van der Waals surface area (Å²) < 4.78 is 11.5. The zero-order valence-corrected chi connectivity index (χ0v) is 16.0. The topological polar surface area (TPSA) is 47.6 Å². The molecule has 0 saturated carbocycles. The molecule has 0 atom stereocenters. The molecule has 0 aliphatic carbocycles. The van der Waals surface area contributed by atoms with Gasteiger partial charge < -0.3 is 14.8 Å². The summed E-state index contributed by atoms with van der Waals surface area (Å²) in [6, 6.07) is 3.82. The zero-order valence-electron chi connectivity index (χ0n) is 13.6. The number of methoxy groups -OCH3 is 2. The van der Waals surface area contributed by atoms with E-state index in [1.165, 1.54) is 0 Å². The lowest BCUT2D eigenvalue weighted by Crippen LogP contribution is -2.26. The van der Waals surface area contributed by atoms with Crippen molar-refractivity contribution in [1.29, 1.82) is 0 Å². The first-order valence-corrected chi connectivity index (χ1v) is 9.17. The van der Waals surface area contributed by atoms with Gasteiger partial charge in [-0.25, -0.2) is 0 Å². The normalized spacial score (nSPS) is 10.6. The van der Waals surface area contributed by atoms with Crippen molar-refractivity contribution in [2.24, 2.45) is 5.92 Å². The first-order valence-electron chi connectivity index (χ1n) is 7.22. The third-order valence-corrected chi connectivity index (χ3v) is 4.69. The highest BCUT2D eigenvalue weighted by molar-refractivity contribution is 9.10. The second-order valence-electron chi connectivity index (χ2n) is 5.32. The molecule has 1 amide bonds. The van der Waals surface area contributed by atoms with Crippen LogP contribution in [0.15, 0.2) is 16.6 Å². The number of hydrogen-bond acceptors (Lipinski definition) is 4. The highest BCUT2D eigenvalue weighted by Gasteiger charge is 2.10. The molecule has 0 saturated heterocycles. The van der Waals surface area contributed by atoms with Gasteiger partial charge in [-0.2, -0.15) is 0 Å². The van der Waals surface area contributed by atoms with E-state index in [4.69, 9.17) is 9.47 Å². The molecule has 0 aliphatic rings. The molecule has 1 rings (SSSR count). The van der Waals surface area contributed by atoms with Crippen LogP contribution in [0.4, 0.5) is 0 Å². The lowest BCUT2D eigenvalue weighted by molar-refractivity contribution is -0.118. The van der Waals surface area contributed by atoms with Crippen LogP contribution in [-0.4, -0.2) is 32.4 Å². The van der Waals surface area contributed by atoms with Crippen molar-refractivity contribution in [1.82, 2.24) is 5.32 Å². The summed E-state index contributed by atoms with van der Waals surface area (Å²) in [5.74, 6) is 3.38. The molecule has 1 aromatic carbocycles. The van der Waals surface area contributed by atoms with Crippen LogP contribution in [0.25, 0.3) is 0 Å². The Bertz CT molecular complexity index is 495. The third-order valence-electron chi connectivity index (χ3n) is 3.09. The van der Waals surface area contributed by atoms with Gasteiger partial charge in [-0.3, -0.25) is 4.79 Å². The second-order valence-corrected chi connectivity index (χ2v) is 7.16. The number of carbonyl (C=O) groups excluding carboxylic acids is 1. The molecule has 22 heavy (non-hydrogen) atoms. The molecule has 4 nitrogen and oxygen atoms in total. The monoisotopic (exact) mass is 389 g/mol. The van der Waals surface area contributed by atoms with Gasteiger partial charge in [0.1, 0.15) is 11.5 Å². The number of amides is 1. The Morgan fingerprint density at radius 1 is 1.27 bits per heavy atom. The zero-order chi connectivity index (χ0) is 16.5. The molecule has 1 aromatic rings. The molecule has 0 spiro atoms. The van der Waals surface area contributed by atoms with Crippen LogP contribution in [0.1, 0.15) is 25.8 Å². The van der Waals surface area contributed by atoms with Gasteiger partial charge in [0, 0.05) is 17.9 Å². The van der Waals surface area contributed by atoms with Gasteiger partial charge >= 0.3 is 0 Å². The Hall–Kier alpha value is -0.880. The van der Waals surface area contributed by atoms with E-state index in [1.807, 2.05) is 12.1 Å². The summed E-state index contributed by atoms with van der Waals surface area (Å²) in [5.41, 5.74) is 1.02. The van der Waals surface area contributed by atoms with Gasteiger partial charge in [0.25, 0.3) is 0 Å². The number of rotatable bonds is 9. The number of thioether (sulfide) groups is 1. The summed E-state index contributed by atoms with van der Waals surface area (Å²) >= 11 is 5.00. The van der Waals surface area contributed by atoms with Crippen molar-refractivity contribution in [2.45, 2.75) is 26.0 Å². The molecule has 0 heterocycles. The van der Waals surface area contributed by atoms with E-state index in [0.717, 1.165) is 34.5 Å². The average Bonchev–Trinajstić information content (AvgIpc) is 2.47. The average molecular weight is 390 g/mol. The summed E-state index contributed by atoms with van der Waals surface area (Å²) in [6.07, 6.45) is 1.01. The Kier molecular flexibility index (Phi) is 8.71. The van der Waals surface area contributed by atoms with Crippen LogP contribution in [0, 0.1) is 5.92 Å². The molecule has 0 unspecified atom stereocenters. The molecular weight excluding hydrogens is 366 g/mol. The van der Waals surface area contributed by atoms with E-state index >= 15 is 0 Å². The highest BCUT2D eigenvalue weighted by atomic mass is 79.9. The van der Waals surface area contributed by atoms with Gasteiger partial charge in [0.2, 0.25) is 5.91 Å². The maximum absolute atomic E-state index is 11.8. The molecule has 6 heteroatoms. The Labute approximate surface area is 145 Å². The van der Waals surface area contributed by atoms with Crippen molar-refractivity contribution in [3.05, 3.63) is 22.2 Å². The van der Waals surface area contributed by atoms with Crippen LogP contribution in [0.3, 0.4) is 0 Å². The minimum absolute atomic E-state index is 0.0775. The Morgan fingerprint density at radius 2 is 1.95 bits per heavy atom. The van der Waals surface area contributed by atoms with Crippen LogP contribution in [-0.2, 0) is 10.5 Å². The summed E-state index contributed by atoms with van der Waals surface area (Å²) in [5, 5.41) is 2.94. The number of halogens is 1. The molecule has 0 fully saturated rings. The molecule has 0 aliphatic heterocycles. The van der Waals surface area contributed by atoms with Crippen LogP contribution >= 0.6 is 27.7 Å². The van der Waals surface area contributed by atoms with E-state index in [-0.39, 0.29) is 5.91 Å². The lowest BCUT2D eigenvalue weighted by Gasteiger charge is -2.12. The minimum Gasteiger partial charge on any atom is -0.496 e. The van der Waals surface area contributed by atoms with E-state index < -0.39 is 0 Å². The van der Waals surface area contributed by atoms with Crippen LogP contribution in [0.5, 0.6) is 11.5 Å². The molecular formula is C16H24BrNO3S. The van der Waals surface area contributed by atoms with Crippen molar-refractivity contribution in [2.75, 3.05) is 26.5 Å². The molecule has 0 aromatic heterocycles. The number of hydrogen-bond donors (Lipinski definition) is 1. The first-order chi connectivity index (χ1) is 10.5. The number of benzene rings is 1. The van der Waals surface area contributed by atoms with Crippen molar-refractivity contribution < 1.29 is 14.3 Å². The fourth-order valence-corrected chi connectivity index (χ4v) is 3.16. The van der Waals surface area contributed by atoms with Crippen molar-refractivity contribution in [3.63, 3.8) is 0 Å². The largest absolute Gasteiger partial charge is 0.496 e. The molecule has 1 N–H and O–H groups in total. The van der Waals surface area contributed by atoms with E-state index in [1.54, 1.807) is 26.0 Å². The van der Waals surface area contributed by atoms with Gasteiger partial charge in [-0.1, -0.05) is 13.8 Å². The quantitative estimate of drug-likeness (QED) is 0.696. The Balaban J connectivity index is 2.48. The maximum atomic E-state index is 11.8. The predicted molar refractivity (Wildman–Crippen MR) is 95.9 cm³/mol. The van der Waals surface area contributed by atoms with E-state index in [9.17, 15) is 4.79 Å². The Morgan fingerprint density at radius 3 is 2.55 bits per heavy atom. The number of nitrogens with one attached hydrogen (secondary N) is 1. The van der Waals surface area contributed by atoms with Gasteiger partial charge in [-0.15, -0.1) is 11.8 Å². The van der Waals surface area contributed by atoms with Gasteiger partial charge in [-0.05, 0) is 40.4 Å². The first kappa shape index (κ1) is 19.2. The fourth-order valence-electron chi connectivity index (χ4n) is 1.84. The standard InChI is InChI=1S/C16H24BrNO3S/c1-11(2)5-6-18-16(19)10-22-9-12-7-15(21-4)13(17)8-14(12)20-3/h7-8,11H,5-6,9-10H2,1-4H3,(H,18,19). The van der Waals surface area contributed by atoms with Crippen molar-refractivity contribution >= 4 is 33.6 Å². The van der Waals surface area contributed by atoms with Crippen LogP contribution in [0.2, 0.25) is 0 Å². The van der Waals surface area contributed by atoms with E-state index in [0.29, 0.717) is 17.4 Å². The minimum atomic E-state index is 0.0775. The predicted octanol–water partition coefficient (Wildman–Crippen LogP) is 3.86. The van der Waals surface area contributed by atoms with Gasteiger partial charge in [0.05, 0.1) is 24.4 Å². The number of carbonyl (C=O) groups is 1. The SMILES string of the molecule is COc1cc(CSCC(=O)NCCC(C)C)c(OC)cc1Br. The van der Waals surface area contributed by atoms with E-state index in [2.05, 4.69) is 35.1 Å². The summed E-state index contributed by atoms with van der Waals surface area (Å²) in [6.45, 7) is 5.04. The molecule has 0 radical (unpaired) electrons. The summed E-state index contributed by atoms with van der Waals surface area (Å²) in [7, 11) is 3.27. The second kappa shape index (κ2) is 10.0. The smallest absolute Gasteiger partial charge is 0.230 e. The van der Waals surface area contributed by atoms with Crippen LogP contribution < -0.4 is 14.8 Å². The van der Waals surface area contributed by atoms with Gasteiger partial charge in [0.15, 0.2) is 0 Å². The molecule has 124 valence electrons. The molecule has 0 bridgehead atoms. The number of ether oxygens (including phenoxy) is 2. The summed E-state index contributed by atoms with van der Waals surface area (Å²) in [4.78, 5) is 11.8. The highest BCUT2D eigenvalue weighted by Crippen LogP contribution is 2.34. The third kappa shape index (κ3) is 6.48.